The molecule has 1 fully saturated rings. The lowest BCUT2D eigenvalue weighted by atomic mass is 10.0. The van der Waals surface area contributed by atoms with E-state index in [-0.39, 0.29) is 37.5 Å². The first kappa shape index (κ1) is 22.7. The van der Waals surface area contributed by atoms with Crippen LogP contribution in [0.1, 0.15) is 23.2 Å². The standard InChI is InChI=1S/C20H18ClF3N2O5/c21-16-4-2-1-3-15(16)17(27)26-11-9-19(29,10-12-26)31-18(28)25-13-5-7-14(8-6-13)30-20(22,23)24/h1-8,29H,9-12H2,(H,25,28). The third-order valence-corrected chi connectivity index (χ3v) is 4.88. The largest absolute Gasteiger partial charge is 0.573 e. The zero-order chi connectivity index (χ0) is 22.6. The van der Waals surface area contributed by atoms with E-state index < -0.39 is 24.0 Å². The zero-order valence-corrected chi connectivity index (χ0v) is 16.7. The van der Waals surface area contributed by atoms with Gasteiger partial charge in [-0.25, -0.2) is 4.79 Å². The number of piperidine rings is 1. The van der Waals surface area contributed by atoms with Crippen LogP contribution in [-0.2, 0) is 4.74 Å². The molecule has 0 radical (unpaired) electrons. The molecule has 0 unspecified atom stereocenters. The third kappa shape index (κ3) is 6.25. The van der Waals surface area contributed by atoms with Gasteiger partial charge in [-0.1, -0.05) is 23.7 Å². The van der Waals surface area contributed by atoms with Gasteiger partial charge in [0.25, 0.3) is 5.91 Å². The van der Waals surface area contributed by atoms with Crippen LogP contribution < -0.4 is 10.1 Å². The molecule has 7 nitrogen and oxygen atoms in total. The Morgan fingerprint density at radius 2 is 1.68 bits per heavy atom. The van der Waals surface area contributed by atoms with Gasteiger partial charge >= 0.3 is 12.5 Å². The molecule has 0 aromatic heterocycles. The van der Waals surface area contributed by atoms with Gasteiger partial charge in [0.1, 0.15) is 5.75 Å². The van der Waals surface area contributed by atoms with Gasteiger partial charge in [0.2, 0.25) is 5.79 Å². The molecule has 1 aliphatic rings. The molecule has 0 saturated carbocycles. The maximum atomic E-state index is 12.6. The van der Waals surface area contributed by atoms with E-state index in [4.69, 9.17) is 16.3 Å². The Morgan fingerprint density at radius 1 is 1.06 bits per heavy atom. The van der Waals surface area contributed by atoms with E-state index in [2.05, 4.69) is 10.1 Å². The number of likely N-dealkylation sites (tertiary alicyclic amines) is 1. The Balaban J connectivity index is 1.52. The molecule has 1 aliphatic heterocycles. The Morgan fingerprint density at radius 3 is 2.26 bits per heavy atom. The fraction of sp³-hybridized carbons (Fsp3) is 0.300. The van der Waals surface area contributed by atoms with Gasteiger partial charge in [0.05, 0.1) is 10.6 Å². The number of anilines is 1. The van der Waals surface area contributed by atoms with Crippen molar-refractivity contribution in [3.63, 3.8) is 0 Å². The minimum absolute atomic E-state index is 0.0189. The number of hydrogen-bond acceptors (Lipinski definition) is 5. The summed E-state index contributed by atoms with van der Waals surface area (Å²) in [7, 11) is 0. The summed E-state index contributed by atoms with van der Waals surface area (Å²) in [4.78, 5) is 26.1. The number of carbonyl (C=O) groups excluding carboxylic acids is 2. The van der Waals surface area contributed by atoms with Gasteiger partial charge in [-0.2, -0.15) is 0 Å². The molecule has 2 amide bonds. The minimum Gasteiger partial charge on any atom is -0.417 e. The Kier molecular flexibility index (Phi) is 6.61. The predicted octanol–water partition coefficient (Wildman–Crippen LogP) is 4.41. The lowest BCUT2D eigenvalue weighted by Gasteiger charge is -2.37. The molecule has 31 heavy (non-hydrogen) atoms. The maximum absolute atomic E-state index is 12.6. The van der Waals surface area contributed by atoms with Crippen molar-refractivity contribution in [1.29, 1.82) is 0 Å². The van der Waals surface area contributed by atoms with E-state index in [0.717, 1.165) is 12.1 Å². The number of nitrogens with one attached hydrogen (secondary N) is 1. The summed E-state index contributed by atoms with van der Waals surface area (Å²) in [6.45, 7) is 0.272. The summed E-state index contributed by atoms with van der Waals surface area (Å²) < 4.78 is 45.4. The van der Waals surface area contributed by atoms with E-state index in [1.54, 1.807) is 24.3 Å². The van der Waals surface area contributed by atoms with Crippen LogP contribution in [0.2, 0.25) is 5.02 Å². The highest BCUT2D eigenvalue weighted by Gasteiger charge is 2.38. The lowest BCUT2D eigenvalue weighted by molar-refractivity contribution is -0.274. The minimum atomic E-state index is -4.82. The van der Waals surface area contributed by atoms with E-state index in [9.17, 15) is 27.9 Å². The number of hydrogen-bond donors (Lipinski definition) is 2. The molecule has 1 saturated heterocycles. The Bertz CT molecular complexity index is 945. The molecule has 0 spiro atoms. The van der Waals surface area contributed by atoms with Crippen molar-refractivity contribution in [3.8, 4) is 5.75 Å². The normalized spacial score (nSPS) is 15.8. The quantitative estimate of drug-likeness (QED) is 0.662. The highest BCUT2D eigenvalue weighted by atomic mass is 35.5. The number of aliphatic hydroxyl groups is 1. The number of alkyl halides is 3. The van der Waals surface area contributed by atoms with Gasteiger partial charge in [0, 0.05) is 31.6 Å². The Labute approximate surface area is 180 Å². The molecule has 0 aliphatic carbocycles. The van der Waals surface area contributed by atoms with E-state index in [0.29, 0.717) is 10.6 Å². The number of carbonyl (C=O) groups is 2. The van der Waals surface area contributed by atoms with Crippen molar-refractivity contribution >= 4 is 29.3 Å². The molecule has 0 bridgehead atoms. The van der Waals surface area contributed by atoms with Gasteiger partial charge in [-0.15, -0.1) is 13.2 Å². The van der Waals surface area contributed by atoms with Crippen LogP contribution in [0.15, 0.2) is 48.5 Å². The second-order valence-corrected chi connectivity index (χ2v) is 7.21. The number of rotatable bonds is 4. The second-order valence-electron chi connectivity index (χ2n) is 6.80. The lowest BCUT2D eigenvalue weighted by Crippen LogP contribution is -2.49. The fourth-order valence-electron chi connectivity index (χ4n) is 3.02. The number of nitrogens with zero attached hydrogens (tertiary/aromatic N) is 1. The van der Waals surface area contributed by atoms with Crippen LogP contribution in [0, 0.1) is 0 Å². The summed E-state index contributed by atoms with van der Waals surface area (Å²) in [6.07, 6.45) is -5.85. The summed E-state index contributed by atoms with van der Waals surface area (Å²) in [5.41, 5.74) is 0.487. The van der Waals surface area contributed by atoms with E-state index >= 15 is 0 Å². The van der Waals surface area contributed by atoms with Crippen LogP contribution in [-0.4, -0.2) is 47.2 Å². The SMILES string of the molecule is O=C(Nc1ccc(OC(F)(F)F)cc1)OC1(O)CCN(C(=O)c2ccccc2Cl)CC1. The average molecular weight is 459 g/mol. The maximum Gasteiger partial charge on any atom is 0.573 e. The average Bonchev–Trinajstić information content (AvgIpc) is 2.68. The summed E-state index contributed by atoms with van der Waals surface area (Å²) >= 11 is 6.04. The molecular formula is C20H18ClF3N2O5. The van der Waals surface area contributed by atoms with Gasteiger partial charge < -0.3 is 19.5 Å². The molecule has 2 aromatic rings. The second kappa shape index (κ2) is 9.03. The third-order valence-electron chi connectivity index (χ3n) is 4.55. The van der Waals surface area contributed by atoms with Crippen molar-refractivity contribution in [2.75, 3.05) is 18.4 Å². The van der Waals surface area contributed by atoms with Gasteiger partial charge in [-0.3, -0.25) is 10.1 Å². The van der Waals surface area contributed by atoms with Crippen molar-refractivity contribution in [2.45, 2.75) is 25.0 Å². The summed E-state index contributed by atoms with van der Waals surface area (Å²) in [6, 6.07) is 11.0. The van der Waals surface area contributed by atoms with Crippen LogP contribution in [0.4, 0.5) is 23.7 Å². The fourth-order valence-corrected chi connectivity index (χ4v) is 3.24. The number of amides is 2. The van der Waals surface area contributed by atoms with Crippen molar-refractivity contribution in [1.82, 2.24) is 4.90 Å². The highest BCUT2D eigenvalue weighted by Crippen LogP contribution is 2.27. The van der Waals surface area contributed by atoms with Crippen molar-refractivity contribution in [2.24, 2.45) is 0 Å². The number of ether oxygens (including phenoxy) is 2. The topological polar surface area (TPSA) is 88.1 Å². The molecule has 2 N–H and O–H groups in total. The first-order chi connectivity index (χ1) is 14.5. The molecule has 0 atom stereocenters. The van der Waals surface area contributed by atoms with Crippen LogP contribution in [0.5, 0.6) is 5.75 Å². The summed E-state index contributed by atoms with van der Waals surface area (Å²) in [5, 5.41) is 13.2. The smallest absolute Gasteiger partial charge is 0.417 e. The number of halogens is 4. The van der Waals surface area contributed by atoms with Gasteiger partial charge in [-0.05, 0) is 36.4 Å². The molecule has 1 heterocycles. The van der Waals surface area contributed by atoms with Crippen LogP contribution >= 0.6 is 11.6 Å². The van der Waals surface area contributed by atoms with Crippen molar-refractivity contribution in [3.05, 3.63) is 59.1 Å². The van der Waals surface area contributed by atoms with Gasteiger partial charge in [0.15, 0.2) is 0 Å². The first-order valence-corrected chi connectivity index (χ1v) is 9.54. The highest BCUT2D eigenvalue weighted by molar-refractivity contribution is 6.33. The monoisotopic (exact) mass is 458 g/mol. The van der Waals surface area contributed by atoms with Crippen molar-refractivity contribution < 1.29 is 37.3 Å². The number of benzene rings is 2. The molecule has 2 aromatic carbocycles. The molecule has 11 heteroatoms. The first-order valence-electron chi connectivity index (χ1n) is 9.17. The van der Waals surface area contributed by atoms with E-state index in [1.165, 1.54) is 17.0 Å². The summed E-state index contributed by atoms with van der Waals surface area (Å²) in [5.74, 6) is -2.53. The van der Waals surface area contributed by atoms with E-state index in [1.807, 2.05) is 0 Å². The predicted molar refractivity (Wildman–Crippen MR) is 105 cm³/mol. The zero-order valence-electron chi connectivity index (χ0n) is 16.0. The van der Waals surface area contributed by atoms with Crippen LogP contribution in [0.25, 0.3) is 0 Å². The molecule has 3 rings (SSSR count). The van der Waals surface area contributed by atoms with Crippen LogP contribution in [0.3, 0.4) is 0 Å². The molecular weight excluding hydrogens is 441 g/mol. The molecule has 166 valence electrons. The Hall–Kier alpha value is -2.98.